The number of aryl methyl sites for hydroxylation is 1. The fraction of sp³-hybridized carbons (Fsp3) is 0.308. The quantitative estimate of drug-likeness (QED) is 0.277. The summed E-state index contributed by atoms with van der Waals surface area (Å²) in [4.78, 5) is 43.1. The number of aromatic nitrogens is 5. The van der Waals surface area contributed by atoms with E-state index in [1.54, 1.807) is 51.4 Å². The number of hydrogen-bond acceptors (Lipinski definition) is 8. The number of fused-ring (bicyclic) bond motifs is 1. The molecule has 3 heterocycles. The van der Waals surface area contributed by atoms with Gasteiger partial charge in [0.2, 0.25) is 0 Å². The molecule has 0 aliphatic carbocycles. The summed E-state index contributed by atoms with van der Waals surface area (Å²) in [6, 6.07) is 6.97. The second-order valence-corrected chi connectivity index (χ2v) is 11.3. The third-order valence-corrected chi connectivity index (χ3v) is 6.40. The average molecular weight is 555 g/mol. The predicted molar refractivity (Wildman–Crippen MR) is 147 cm³/mol. The zero-order valence-corrected chi connectivity index (χ0v) is 23.2. The summed E-state index contributed by atoms with van der Waals surface area (Å²) in [7, 11) is 0. The van der Waals surface area contributed by atoms with Gasteiger partial charge in [0, 0.05) is 63.8 Å². The van der Waals surface area contributed by atoms with Crippen LogP contribution in [0, 0.1) is 6.92 Å². The molecule has 3 aromatic heterocycles. The number of benzene rings is 1. The van der Waals surface area contributed by atoms with Gasteiger partial charge in [-0.2, -0.15) is 9.97 Å². The van der Waals surface area contributed by atoms with Crippen molar-refractivity contribution in [1.29, 1.82) is 0 Å². The Labute approximate surface area is 227 Å². The minimum atomic E-state index is -1.45. The van der Waals surface area contributed by atoms with Crippen molar-refractivity contribution in [2.24, 2.45) is 0 Å². The fourth-order valence-electron chi connectivity index (χ4n) is 3.76. The Morgan fingerprint density at radius 2 is 1.92 bits per heavy atom. The summed E-state index contributed by atoms with van der Waals surface area (Å²) in [6.07, 6.45) is 5.68. The summed E-state index contributed by atoms with van der Waals surface area (Å²) in [6.45, 7) is 7.32. The van der Waals surface area contributed by atoms with E-state index in [1.165, 1.54) is 17.0 Å². The molecule has 1 aromatic carbocycles. The maximum Gasteiger partial charge on any atom is 0.407 e. The van der Waals surface area contributed by atoms with Crippen LogP contribution in [0.3, 0.4) is 0 Å². The number of amides is 1. The van der Waals surface area contributed by atoms with Gasteiger partial charge in [0.25, 0.3) is 5.56 Å². The first-order chi connectivity index (χ1) is 17.9. The molecule has 0 fully saturated rings. The number of halogens is 1. The molecule has 0 spiro atoms. The molecule has 12 heteroatoms. The highest BCUT2D eigenvalue weighted by Crippen LogP contribution is 2.31. The number of hydrogen-bond donors (Lipinski definition) is 1. The van der Waals surface area contributed by atoms with Crippen LogP contribution in [0.5, 0.6) is 0 Å². The Morgan fingerprint density at radius 3 is 2.58 bits per heavy atom. The molecule has 0 saturated carbocycles. The van der Waals surface area contributed by atoms with Crippen LogP contribution in [0.1, 0.15) is 26.5 Å². The summed E-state index contributed by atoms with van der Waals surface area (Å²) in [5, 5.41) is 3.66. The monoisotopic (exact) mass is 554 g/mol. The second-order valence-electron chi connectivity index (χ2n) is 9.57. The van der Waals surface area contributed by atoms with Crippen LogP contribution in [0.15, 0.2) is 52.8 Å². The van der Waals surface area contributed by atoms with E-state index < -0.39 is 22.9 Å². The minimum Gasteiger partial charge on any atom is -0.609 e. The standard InChI is InChI=1S/C26H27ClN6O4S/c1-15-12-28-14-21(31-15)16-6-7-18(20(27)11-16)19-10-17-13-30-24(38(5)36)32-22(17)33(23(19)34)9-8-29-25(35)37-26(2,3)4/h6-7,10-14H,8-9H2,1-5H3,(H,29,35). The molecule has 1 amide bonds. The average Bonchev–Trinajstić information content (AvgIpc) is 2.84. The Balaban J connectivity index is 1.76. The highest BCUT2D eigenvalue weighted by molar-refractivity contribution is 7.90. The van der Waals surface area contributed by atoms with Gasteiger partial charge in [-0.05, 0) is 39.8 Å². The van der Waals surface area contributed by atoms with E-state index in [0.717, 1.165) is 11.3 Å². The first-order valence-corrected chi connectivity index (χ1v) is 13.7. The van der Waals surface area contributed by atoms with Crippen LogP contribution in [0.2, 0.25) is 5.02 Å². The molecule has 1 N–H and O–H groups in total. The topological polar surface area (TPSA) is 135 Å². The van der Waals surface area contributed by atoms with Crippen LogP contribution in [-0.2, 0) is 22.5 Å². The molecule has 4 aromatic rings. The molecule has 10 nitrogen and oxygen atoms in total. The smallest absolute Gasteiger partial charge is 0.407 e. The van der Waals surface area contributed by atoms with Crippen molar-refractivity contribution in [3.05, 3.63) is 63.9 Å². The fourth-order valence-corrected chi connectivity index (χ4v) is 4.46. The summed E-state index contributed by atoms with van der Waals surface area (Å²) < 4.78 is 18.7. The van der Waals surface area contributed by atoms with Gasteiger partial charge in [-0.3, -0.25) is 14.3 Å². The lowest BCUT2D eigenvalue weighted by molar-refractivity contribution is 0.0526. The maximum absolute atomic E-state index is 13.7. The van der Waals surface area contributed by atoms with E-state index in [9.17, 15) is 14.1 Å². The molecule has 0 bridgehead atoms. The lowest BCUT2D eigenvalue weighted by atomic mass is 10.0. The first kappa shape index (κ1) is 27.5. The Bertz CT molecular complexity index is 1570. The van der Waals surface area contributed by atoms with Crippen LogP contribution in [-0.4, -0.2) is 53.6 Å². The molecular formula is C26H27ClN6O4S. The van der Waals surface area contributed by atoms with Crippen molar-refractivity contribution >= 4 is 39.9 Å². The van der Waals surface area contributed by atoms with Crippen LogP contribution >= 0.6 is 11.6 Å². The lowest BCUT2D eigenvalue weighted by Gasteiger charge is -2.20. The molecule has 0 radical (unpaired) electrons. The minimum absolute atomic E-state index is 0.0871. The third kappa shape index (κ3) is 6.29. The van der Waals surface area contributed by atoms with Crippen LogP contribution < -0.4 is 10.9 Å². The number of rotatable bonds is 6. The van der Waals surface area contributed by atoms with Crippen molar-refractivity contribution in [1.82, 2.24) is 29.8 Å². The number of carbonyl (C=O) groups excluding carboxylic acids is 1. The summed E-state index contributed by atoms with van der Waals surface area (Å²) in [5.41, 5.74) is 2.30. The summed E-state index contributed by atoms with van der Waals surface area (Å²) >= 11 is 5.21. The molecule has 198 valence electrons. The Morgan fingerprint density at radius 1 is 1.16 bits per heavy atom. The molecule has 38 heavy (non-hydrogen) atoms. The van der Waals surface area contributed by atoms with Gasteiger partial charge in [-0.25, -0.2) is 9.78 Å². The van der Waals surface area contributed by atoms with Crippen LogP contribution in [0.25, 0.3) is 33.4 Å². The van der Waals surface area contributed by atoms with E-state index in [1.807, 2.05) is 13.0 Å². The van der Waals surface area contributed by atoms with Gasteiger partial charge in [-0.15, -0.1) is 0 Å². The van der Waals surface area contributed by atoms with Gasteiger partial charge in [0.15, 0.2) is 5.65 Å². The number of carbonyl (C=O) groups is 1. The maximum atomic E-state index is 13.7. The van der Waals surface area contributed by atoms with Gasteiger partial charge in [-0.1, -0.05) is 23.7 Å². The van der Waals surface area contributed by atoms with Crippen molar-refractivity contribution in [3.8, 4) is 22.4 Å². The molecule has 1 unspecified atom stereocenters. The zero-order chi connectivity index (χ0) is 27.6. The van der Waals surface area contributed by atoms with E-state index in [0.29, 0.717) is 32.9 Å². The molecule has 4 rings (SSSR count). The molecule has 0 aliphatic rings. The first-order valence-electron chi connectivity index (χ1n) is 11.7. The zero-order valence-electron chi connectivity index (χ0n) is 21.6. The van der Waals surface area contributed by atoms with E-state index in [2.05, 4.69) is 25.3 Å². The van der Waals surface area contributed by atoms with E-state index >= 15 is 0 Å². The van der Waals surface area contributed by atoms with Crippen molar-refractivity contribution in [3.63, 3.8) is 0 Å². The van der Waals surface area contributed by atoms with Crippen molar-refractivity contribution in [2.45, 2.75) is 45.0 Å². The SMILES string of the molecule is Cc1cncc(-c2ccc(-c3cc4cnc([S+](C)[O-])nc4n(CCNC(=O)OC(C)(C)C)c3=O)c(Cl)c2)n1. The highest BCUT2D eigenvalue weighted by atomic mass is 35.5. The summed E-state index contributed by atoms with van der Waals surface area (Å²) in [5.74, 6) is 0. The van der Waals surface area contributed by atoms with E-state index in [-0.39, 0.29) is 23.8 Å². The van der Waals surface area contributed by atoms with Gasteiger partial charge in [0.05, 0.1) is 17.6 Å². The van der Waals surface area contributed by atoms with Gasteiger partial charge < -0.3 is 14.6 Å². The molecule has 0 saturated heterocycles. The highest BCUT2D eigenvalue weighted by Gasteiger charge is 2.19. The Kier molecular flexibility index (Phi) is 8.00. The van der Waals surface area contributed by atoms with Gasteiger partial charge in [0.1, 0.15) is 11.9 Å². The largest absolute Gasteiger partial charge is 0.609 e. The predicted octanol–water partition coefficient (Wildman–Crippen LogP) is 4.14. The lowest BCUT2D eigenvalue weighted by Crippen LogP contribution is -2.36. The van der Waals surface area contributed by atoms with Crippen molar-refractivity contribution < 1.29 is 14.1 Å². The number of nitrogens with one attached hydrogen (secondary N) is 1. The van der Waals surface area contributed by atoms with Gasteiger partial charge >= 0.3 is 11.2 Å². The van der Waals surface area contributed by atoms with E-state index in [4.69, 9.17) is 16.3 Å². The molecule has 1 atom stereocenters. The third-order valence-electron chi connectivity index (χ3n) is 5.38. The second kappa shape index (κ2) is 11.1. The number of ether oxygens (including phenoxy) is 1. The molecular weight excluding hydrogens is 528 g/mol. The number of nitrogens with zero attached hydrogens (tertiary/aromatic N) is 5. The Hall–Kier alpha value is -3.54. The normalized spacial score (nSPS) is 12.4. The van der Waals surface area contributed by atoms with Crippen LogP contribution in [0.4, 0.5) is 4.79 Å². The number of alkyl carbamates (subject to hydrolysis) is 1. The molecule has 0 aliphatic heterocycles. The van der Waals surface area contributed by atoms with Crippen molar-refractivity contribution in [2.75, 3.05) is 12.8 Å². The number of pyridine rings is 1.